The normalized spacial score (nSPS) is 13.5. The zero-order chi connectivity index (χ0) is 24.7. The van der Waals surface area contributed by atoms with Crippen molar-refractivity contribution in [2.45, 2.75) is 49.2 Å². The van der Waals surface area contributed by atoms with Gasteiger partial charge in [0, 0.05) is 35.8 Å². The van der Waals surface area contributed by atoms with Gasteiger partial charge in [-0.1, -0.05) is 13.8 Å². The maximum Gasteiger partial charge on any atom is 0.330 e. The van der Waals surface area contributed by atoms with E-state index < -0.39 is 17.2 Å². The first kappa shape index (κ1) is 23.0. The number of hydrogen-bond acceptors (Lipinski definition) is 7. The maximum atomic E-state index is 13.4. The number of fused-ring (bicyclic) bond motifs is 1. The first-order chi connectivity index (χ1) is 16.8. The molecule has 1 aliphatic rings. The SMILES string of the molecule is CC(C)Cn1c(=O)[nH]c(=O)c2c(C(=O)Nc3ccc(Sc4nncn4C)cc3)cc(C3CC3)nc21. The van der Waals surface area contributed by atoms with E-state index in [2.05, 4.69) is 25.5 Å². The highest BCUT2D eigenvalue weighted by atomic mass is 32.2. The number of nitrogens with zero attached hydrogens (tertiary/aromatic N) is 5. The molecule has 0 saturated heterocycles. The predicted molar refractivity (Wildman–Crippen MR) is 133 cm³/mol. The highest BCUT2D eigenvalue weighted by Gasteiger charge is 2.29. The second kappa shape index (κ2) is 9.14. The lowest BCUT2D eigenvalue weighted by molar-refractivity contribution is 0.102. The van der Waals surface area contributed by atoms with Crippen LogP contribution in [0.3, 0.4) is 0 Å². The van der Waals surface area contributed by atoms with Crippen molar-refractivity contribution in [3.8, 4) is 0 Å². The number of hydrogen-bond donors (Lipinski definition) is 2. The number of carbonyl (C=O) groups excluding carboxylic acids is 1. The number of aryl methyl sites for hydroxylation is 1. The number of rotatable bonds is 7. The van der Waals surface area contributed by atoms with Gasteiger partial charge < -0.3 is 9.88 Å². The van der Waals surface area contributed by atoms with Gasteiger partial charge in [-0.15, -0.1) is 10.2 Å². The van der Waals surface area contributed by atoms with Gasteiger partial charge >= 0.3 is 5.69 Å². The molecule has 2 N–H and O–H groups in total. The predicted octanol–water partition coefficient (Wildman–Crippen LogP) is 3.15. The van der Waals surface area contributed by atoms with Gasteiger partial charge in [0.25, 0.3) is 11.5 Å². The number of carbonyl (C=O) groups is 1. The summed E-state index contributed by atoms with van der Waals surface area (Å²) in [4.78, 5) is 46.8. The molecule has 3 heterocycles. The molecule has 0 unspecified atom stereocenters. The van der Waals surface area contributed by atoms with Crippen LogP contribution >= 0.6 is 11.8 Å². The summed E-state index contributed by atoms with van der Waals surface area (Å²) in [6.45, 7) is 4.35. The quantitative estimate of drug-likeness (QED) is 0.406. The zero-order valence-corrected chi connectivity index (χ0v) is 20.4. The summed E-state index contributed by atoms with van der Waals surface area (Å²) in [6.07, 6.45) is 3.58. The van der Waals surface area contributed by atoms with E-state index in [0.717, 1.165) is 28.6 Å². The van der Waals surface area contributed by atoms with E-state index in [1.165, 1.54) is 16.3 Å². The third kappa shape index (κ3) is 4.76. The number of benzene rings is 1. The van der Waals surface area contributed by atoms with Crippen LogP contribution in [0.4, 0.5) is 5.69 Å². The van der Waals surface area contributed by atoms with Crippen molar-refractivity contribution < 1.29 is 4.79 Å². The Morgan fingerprint density at radius 2 is 1.97 bits per heavy atom. The molecule has 0 aliphatic heterocycles. The Bertz CT molecular complexity index is 1530. The number of nitrogens with one attached hydrogen (secondary N) is 2. The van der Waals surface area contributed by atoms with Crippen LogP contribution in [-0.4, -0.2) is 35.2 Å². The summed E-state index contributed by atoms with van der Waals surface area (Å²) in [6, 6.07) is 9.03. The Kier molecular flexibility index (Phi) is 6.01. The van der Waals surface area contributed by atoms with Crippen LogP contribution in [0.15, 0.2) is 56.3 Å². The van der Waals surface area contributed by atoms with E-state index in [4.69, 9.17) is 0 Å². The van der Waals surface area contributed by atoms with E-state index in [1.54, 1.807) is 24.5 Å². The fraction of sp³-hybridized carbons (Fsp3) is 0.333. The molecule has 0 atom stereocenters. The number of amides is 1. The van der Waals surface area contributed by atoms with Crippen molar-refractivity contribution in [2.24, 2.45) is 13.0 Å². The van der Waals surface area contributed by atoms with Crippen molar-refractivity contribution in [3.63, 3.8) is 0 Å². The Balaban J connectivity index is 1.50. The molecule has 0 bridgehead atoms. The molecule has 1 amide bonds. The van der Waals surface area contributed by atoms with Crippen molar-refractivity contribution in [1.29, 1.82) is 0 Å². The first-order valence-corrected chi connectivity index (χ1v) is 12.2. The van der Waals surface area contributed by atoms with E-state index in [-0.39, 0.29) is 28.4 Å². The van der Waals surface area contributed by atoms with E-state index in [1.807, 2.05) is 37.6 Å². The number of aromatic amines is 1. The number of pyridine rings is 1. The lowest BCUT2D eigenvalue weighted by atomic mass is 10.1. The molecule has 11 heteroatoms. The second-order valence-corrected chi connectivity index (χ2v) is 10.2. The lowest BCUT2D eigenvalue weighted by Crippen LogP contribution is -2.33. The molecule has 0 spiro atoms. The topological polar surface area (TPSA) is 128 Å². The average Bonchev–Trinajstić information content (AvgIpc) is 3.60. The Morgan fingerprint density at radius 1 is 1.23 bits per heavy atom. The molecule has 4 aromatic rings. The summed E-state index contributed by atoms with van der Waals surface area (Å²) >= 11 is 1.46. The Morgan fingerprint density at radius 3 is 2.60 bits per heavy atom. The first-order valence-electron chi connectivity index (χ1n) is 11.4. The van der Waals surface area contributed by atoms with Gasteiger partial charge in [-0.05, 0) is 60.9 Å². The minimum Gasteiger partial charge on any atom is -0.322 e. The van der Waals surface area contributed by atoms with Crippen molar-refractivity contribution in [2.75, 3.05) is 5.32 Å². The van der Waals surface area contributed by atoms with Crippen LogP contribution < -0.4 is 16.6 Å². The van der Waals surface area contributed by atoms with Crippen LogP contribution in [0, 0.1) is 5.92 Å². The zero-order valence-electron chi connectivity index (χ0n) is 19.6. The molecule has 3 aromatic heterocycles. The third-order valence-electron chi connectivity index (χ3n) is 5.75. The third-order valence-corrected chi connectivity index (χ3v) is 6.81. The molecule has 1 saturated carbocycles. The molecule has 1 aromatic carbocycles. The average molecular weight is 492 g/mol. The Hall–Kier alpha value is -3.73. The van der Waals surface area contributed by atoms with Crippen molar-refractivity contribution in [1.82, 2.24) is 29.3 Å². The number of anilines is 1. The Labute approximate surface area is 204 Å². The molecular weight excluding hydrogens is 466 g/mol. The van der Waals surface area contributed by atoms with E-state index in [0.29, 0.717) is 12.2 Å². The van der Waals surface area contributed by atoms with Crippen LogP contribution in [0.5, 0.6) is 0 Å². The van der Waals surface area contributed by atoms with Gasteiger partial charge in [0.05, 0.1) is 10.9 Å². The van der Waals surface area contributed by atoms with Gasteiger partial charge in [-0.3, -0.25) is 19.1 Å². The number of H-pyrrole nitrogens is 1. The minimum absolute atomic E-state index is 0.126. The van der Waals surface area contributed by atoms with Crippen LogP contribution in [0.25, 0.3) is 11.0 Å². The summed E-state index contributed by atoms with van der Waals surface area (Å²) in [7, 11) is 1.87. The van der Waals surface area contributed by atoms with Gasteiger partial charge in [-0.2, -0.15) is 0 Å². The van der Waals surface area contributed by atoms with Crippen molar-refractivity contribution in [3.05, 3.63) is 68.8 Å². The molecular formula is C24H25N7O3S. The molecule has 1 aliphatic carbocycles. The number of aromatic nitrogens is 6. The van der Waals surface area contributed by atoms with Gasteiger partial charge in [0.15, 0.2) is 10.8 Å². The summed E-state index contributed by atoms with van der Waals surface area (Å²) < 4.78 is 3.28. The van der Waals surface area contributed by atoms with E-state index >= 15 is 0 Å². The maximum absolute atomic E-state index is 13.4. The molecule has 0 radical (unpaired) electrons. The lowest BCUT2D eigenvalue weighted by Gasteiger charge is -2.15. The summed E-state index contributed by atoms with van der Waals surface area (Å²) in [5, 5.41) is 11.7. The molecule has 35 heavy (non-hydrogen) atoms. The molecule has 1 fully saturated rings. The highest BCUT2D eigenvalue weighted by Crippen LogP contribution is 2.40. The van der Waals surface area contributed by atoms with E-state index in [9.17, 15) is 14.4 Å². The van der Waals surface area contributed by atoms with Crippen LogP contribution in [0.2, 0.25) is 0 Å². The standard InChI is InChI=1S/C24H25N7O3S/c1-13(2)11-31-20-19(22(33)28-23(31)34)17(10-18(27-20)14-4-5-14)21(32)26-15-6-8-16(9-7-15)35-24-29-25-12-30(24)3/h6-10,12-14H,4-5,11H2,1-3H3,(H,26,32)(H,28,33,34). The second-order valence-electron chi connectivity index (χ2n) is 9.14. The smallest absolute Gasteiger partial charge is 0.322 e. The van der Waals surface area contributed by atoms with Gasteiger partial charge in [0.1, 0.15) is 6.33 Å². The van der Waals surface area contributed by atoms with Gasteiger partial charge in [0.2, 0.25) is 0 Å². The minimum atomic E-state index is -0.611. The molecule has 180 valence electrons. The van der Waals surface area contributed by atoms with Crippen molar-refractivity contribution >= 4 is 34.4 Å². The fourth-order valence-electron chi connectivity index (χ4n) is 3.87. The fourth-order valence-corrected chi connectivity index (χ4v) is 4.63. The summed E-state index contributed by atoms with van der Waals surface area (Å²) in [5.74, 6) is -0.0265. The summed E-state index contributed by atoms with van der Waals surface area (Å²) in [5.41, 5.74) is 0.674. The monoisotopic (exact) mass is 491 g/mol. The molecule has 5 rings (SSSR count). The van der Waals surface area contributed by atoms with Crippen LogP contribution in [-0.2, 0) is 13.6 Å². The molecule has 10 nitrogen and oxygen atoms in total. The largest absolute Gasteiger partial charge is 0.330 e. The highest BCUT2D eigenvalue weighted by molar-refractivity contribution is 7.99. The van der Waals surface area contributed by atoms with Crippen LogP contribution in [0.1, 0.15) is 48.7 Å². The van der Waals surface area contributed by atoms with Gasteiger partial charge in [-0.25, -0.2) is 9.78 Å².